The molecule has 1 aromatic carbocycles. The van der Waals surface area contributed by atoms with Gasteiger partial charge in [0.2, 0.25) is 5.91 Å². The van der Waals surface area contributed by atoms with Crippen molar-refractivity contribution < 1.29 is 13.6 Å². The van der Waals surface area contributed by atoms with E-state index in [9.17, 15) is 13.6 Å². The first kappa shape index (κ1) is 17.5. The lowest BCUT2D eigenvalue weighted by Gasteiger charge is -2.31. The normalized spacial score (nSPS) is 18.2. The molecule has 0 unspecified atom stereocenters. The van der Waals surface area contributed by atoms with Gasteiger partial charge < -0.3 is 5.32 Å². The molecule has 1 aromatic heterocycles. The number of hydrogen-bond acceptors (Lipinski definition) is 3. The van der Waals surface area contributed by atoms with E-state index >= 15 is 0 Å². The van der Waals surface area contributed by atoms with Crippen LogP contribution in [0.3, 0.4) is 0 Å². The molecule has 0 saturated carbocycles. The van der Waals surface area contributed by atoms with Crippen molar-refractivity contribution in [3.05, 3.63) is 53.4 Å². The van der Waals surface area contributed by atoms with Crippen molar-refractivity contribution >= 4 is 5.91 Å². The van der Waals surface area contributed by atoms with Gasteiger partial charge in [-0.3, -0.25) is 14.8 Å². The summed E-state index contributed by atoms with van der Waals surface area (Å²) in [6.45, 7) is 2.19. The van der Waals surface area contributed by atoms with Crippen LogP contribution in [0.1, 0.15) is 30.0 Å². The van der Waals surface area contributed by atoms with Crippen LogP contribution < -0.4 is 5.32 Å². The maximum atomic E-state index is 13.6. The predicted octanol–water partition coefficient (Wildman–Crippen LogP) is 2.23. The summed E-state index contributed by atoms with van der Waals surface area (Å²) in [4.78, 5) is 14.2. The third kappa shape index (κ3) is 4.63. The van der Waals surface area contributed by atoms with E-state index < -0.39 is 11.6 Å². The van der Waals surface area contributed by atoms with Crippen LogP contribution in [0.5, 0.6) is 0 Å². The fraction of sp³-hybridized carbons (Fsp3) is 0.444. The molecule has 2 N–H and O–H groups in total. The van der Waals surface area contributed by atoms with Crippen LogP contribution >= 0.6 is 0 Å². The molecule has 1 aliphatic heterocycles. The molecule has 0 aliphatic carbocycles. The quantitative estimate of drug-likeness (QED) is 0.842. The molecule has 1 aliphatic rings. The molecule has 1 saturated heterocycles. The zero-order chi connectivity index (χ0) is 17.6. The Morgan fingerprint density at radius 2 is 2.12 bits per heavy atom. The Hall–Kier alpha value is -2.28. The number of hydrogen-bond donors (Lipinski definition) is 2. The fourth-order valence-electron chi connectivity index (χ4n) is 3.30. The number of carbonyl (C=O) groups is 1. The number of likely N-dealkylation sites (tertiary alicyclic amines) is 1. The number of aromatic amines is 1. The number of carbonyl (C=O) groups excluding carboxylic acids is 1. The smallest absolute Gasteiger partial charge is 0.234 e. The maximum Gasteiger partial charge on any atom is 0.234 e. The largest absolute Gasteiger partial charge is 0.355 e. The first-order valence-electron chi connectivity index (χ1n) is 8.54. The van der Waals surface area contributed by atoms with E-state index in [1.807, 2.05) is 6.07 Å². The van der Waals surface area contributed by atoms with Crippen molar-refractivity contribution in [1.82, 2.24) is 20.4 Å². The summed E-state index contributed by atoms with van der Waals surface area (Å²) >= 11 is 0. The summed E-state index contributed by atoms with van der Waals surface area (Å²) < 4.78 is 27.1. The molecule has 0 spiro atoms. The predicted molar refractivity (Wildman–Crippen MR) is 90.1 cm³/mol. The highest BCUT2D eigenvalue weighted by Gasteiger charge is 2.23. The third-order valence-corrected chi connectivity index (χ3v) is 4.59. The van der Waals surface area contributed by atoms with Crippen molar-refractivity contribution in [3.8, 4) is 0 Å². The van der Waals surface area contributed by atoms with E-state index in [1.54, 1.807) is 6.20 Å². The number of aromatic nitrogens is 2. The van der Waals surface area contributed by atoms with Gasteiger partial charge in [0.05, 0.1) is 6.54 Å². The lowest BCUT2D eigenvalue weighted by atomic mass is 9.95. The van der Waals surface area contributed by atoms with Gasteiger partial charge in [-0.25, -0.2) is 8.78 Å². The summed E-state index contributed by atoms with van der Waals surface area (Å²) in [5.41, 5.74) is 1.11. The van der Waals surface area contributed by atoms with Gasteiger partial charge in [0.1, 0.15) is 11.6 Å². The van der Waals surface area contributed by atoms with Crippen LogP contribution in [0.2, 0.25) is 0 Å². The molecule has 2 aromatic rings. The molecule has 1 amide bonds. The van der Waals surface area contributed by atoms with Gasteiger partial charge in [0, 0.05) is 36.5 Å². The van der Waals surface area contributed by atoms with Crippen LogP contribution in [0, 0.1) is 11.6 Å². The van der Waals surface area contributed by atoms with Gasteiger partial charge >= 0.3 is 0 Å². The minimum atomic E-state index is -0.576. The van der Waals surface area contributed by atoms with Crippen molar-refractivity contribution in [1.29, 1.82) is 0 Å². The van der Waals surface area contributed by atoms with Crippen LogP contribution in [-0.2, 0) is 11.2 Å². The Morgan fingerprint density at radius 1 is 1.32 bits per heavy atom. The average molecular weight is 348 g/mol. The average Bonchev–Trinajstić information content (AvgIpc) is 3.12. The molecular weight excluding hydrogens is 326 g/mol. The van der Waals surface area contributed by atoms with Crippen LogP contribution in [-0.4, -0.2) is 47.2 Å². The van der Waals surface area contributed by atoms with Crippen molar-refractivity contribution in [2.75, 3.05) is 26.2 Å². The second kappa shape index (κ2) is 8.20. The zero-order valence-electron chi connectivity index (χ0n) is 14.0. The topological polar surface area (TPSA) is 61.0 Å². The summed E-state index contributed by atoms with van der Waals surface area (Å²) in [5, 5.41) is 9.73. The van der Waals surface area contributed by atoms with Gasteiger partial charge in [-0.1, -0.05) is 6.07 Å². The molecule has 25 heavy (non-hydrogen) atoms. The first-order chi connectivity index (χ1) is 12.1. The highest BCUT2D eigenvalue weighted by Crippen LogP contribution is 2.24. The van der Waals surface area contributed by atoms with Gasteiger partial charge in [-0.05, 0) is 44.0 Å². The molecule has 2 heterocycles. The minimum Gasteiger partial charge on any atom is -0.355 e. The first-order valence-corrected chi connectivity index (χ1v) is 8.54. The second-order valence-electron chi connectivity index (χ2n) is 6.39. The van der Waals surface area contributed by atoms with Crippen molar-refractivity contribution in [3.63, 3.8) is 0 Å². The second-order valence-corrected chi connectivity index (χ2v) is 6.39. The highest BCUT2D eigenvalue weighted by atomic mass is 19.1. The SMILES string of the molecule is O=C(CN1CCC[C@H](c2ccn[nH]2)C1)NCCc1c(F)cccc1F. The lowest BCUT2D eigenvalue weighted by molar-refractivity contribution is -0.122. The summed E-state index contributed by atoms with van der Waals surface area (Å²) in [7, 11) is 0. The van der Waals surface area contributed by atoms with Gasteiger partial charge in [-0.15, -0.1) is 0 Å². The minimum absolute atomic E-state index is 0.0140. The molecule has 5 nitrogen and oxygen atoms in total. The van der Waals surface area contributed by atoms with E-state index in [-0.39, 0.29) is 24.4 Å². The number of H-pyrrole nitrogens is 1. The van der Waals surface area contributed by atoms with E-state index in [2.05, 4.69) is 20.4 Å². The molecule has 134 valence electrons. The summed E-state index contributed by atoms with van der Waals surface area (Å²) in [5.74, 6) is -0.918. The van der Waals surface area contributed by atoms with Gasteiger partial charge in [0.25, 0.3) is 0 Å². The van der Waals surface area contributed by atoms with Crippen LogP contribution in [0.25, 0.3) is 0 Å². The number of benzene rings is 1. The van der Waals surface area contributed by atoms with Crippen LogP contribution in [0.4, 0.5) is 8.78 Å². The number of amides is 1. The van der Waals surface area contributed by atoms with Crippen molar-refractivity contribution in [2.24, 2.45) is 0 Å². The zero-order valence-corrected chi connectivity index (χ0v) is 14.0. The van der Waals surface area contributed by atoms with E-state index in [1.165, 1.54) is 18.2 Å². The maximum absolute atomic E-state index is 13.6. The van der Waals surface area contributed by atoms with Gasteiger partial charge in [0.15, 0.2) is 0 Å². The number of rotatable bonds is 6. The molecule has 1 atom stereocenters. The number of halogens is 2. The highest BCUT2D eigenvalue weighted by molar-refractivity contribution is 5.78. The third-order valence-electron chi connectivity index (χ3n) is 4.59. The Bertz CT molecular complexity index is 685. The lowest BCUT2D eigenvalue weighted by Crippen LogP contribution is -2.42. The standard InChI is InChI=1S/C18H22F2N4O/c19-15-4-1-5-16(20)14(15)6-8-21-18(25)12-24-10-2-3-13(11-24)17-7-9-22-23-17/h1,4-5,7,9,13H,2-3,6,8,10-12H2,(H,21,25)(H,22,23)/t13-/m0/s1. The van der Waals surface area contributed by atoms with Crippen LogP contribution in [0.15, 0.2) is 30.5 Å². The van der Waals surface area contributed by atoms with E-state index in [4.69, 9.17) is 0 Å². The Labute approximate surface area is 145 Å². The van der Waals surface area contributed by atoms with Crippen molar-refractivity contribution in [2.45, 2.75) is 25.2 Å². The number of nitrogens with zero attached hydrogens (tertiary/aromatic N) is 2. The number of nitrogens with one attached hydrogen (secondary N) is 2. The molecule has 7 heteroatoms. The Kier molecular flexibility index (Phi) is 5.75. The molecule has 0 radical (unpaired) electrons. The fourth-order valence-corrected chi connectivity index (χ4v) is 3.30. The summed E-state index contributed by atoms with van der Waals surface area (Å²) in [6.07, 6.45) is 3.98. The molecule has 1 fully saturated rings. The van der Waals surface area contributed by atoms with E-state index in [0.717, 1.165) is 31.6 Å². The summed E-state index contributed by atoms with van der Waals surface area (Å²) in [6, 6.07) is 5.75. The Balaban J connectivity index is 1.44. The van der Waals surface area contributed by atoms with Gasteiger partial charge in [-0.2, -0.15) is 5.10 Å². The number of piperidine rings is 1. The van der Waals surface area contributed by atoms with E-state index in [0.29, 0.717) is 12.5 Å². The monoisotopic (exact) mass is 348 g/mol. The molecule has 3 rings (SSSR count). The molecule has 0 bridgehead atoms. The Morgan fingerprint density at radius 3 is 2.84 bits per heavy atom. The molecular formula is C18H22F2N4O.